The summed E-state index contributed by atoms with van der Waals surface area (Å²) in [6, 6.07) is 19.8. The summed E-state index contributed by atoms with van der Waals surface area (Å²) < 4.78 is 10.2. The Balaban J connectivity index is 1.80. The van der Waals surface area contributed by atoms with E-state index in [1.54, 1.807) is 37.5 Å². The normalized spacial score (nSPS) is 10.4. The van der Waals surface area contributed by atoms with E-state index in [2.05, 4.69) is 24.3 Å². The van der Waals surface area contributed by atoms with Crippen LogP contribution in [0.5, 0.6) is 5.75 Å². The van der Waals surface area contributed by atoms with Gasteiger partial charge in [0.2, 0.25) is 0 Å². The topological polar surface area (TPSA) is 35.5 Å². The zero-order valence-electron chi connectivity index (χ0n) is 13.6. The molecule has 0 saturated heterocycles. The first-order valence-electron chi connectivity index (χ1n) is 7.73. The number of rotatable bonds is 5. The molecule has 24 heavy (non-hydrogen) atoms. The molecule has 0 bridgehead atoms. The van der Waals surface area contributed by atoms with Crippen LogP contribution in [-0.2, 0) is 4.74 Å². The fourth-order valence-corrected chi connectivity index (χ4v) is 3.41. The number of hydrogen-bond acceptors (Lipinski definition) is 4. The molecule has 2 aromatic carbocycles. The molecule has 3 nitrogen and oxygen atoms in total. The summed E-state index contributed by atoms with van der Waals surface area (Å²) in [5.74, 6) is 0.569. The highest BCUT2D eigenvalue weighted by Crippen LogP contribution is 2.35. The molecular formula is C20H18O3S. The van der Waals surface area contributed by atoms with Crippen LogP contribution in [0.25, 0.3) is 20.9 Å². The third-order valence-corrected chi connectivity index (χ3v) is 4.84. The Labute approximate surface area is 145 Å². The summed E-state index contributed by atoms with van der Waals surface area (Å²) >= 11 is 1.72. The maximum Gasteiger partial charge on any atom is 0.338 e. The van der Waals surface area contributed by atoms with Gasteiger partial charge >= 0.3 is 5.97 Å². The molecule has 0 unspecified atom stereocenters. The van der Waals surface area contributed by atoms with Gasteiger partial charge in [-0.3, -0.25) is 0 Å². The molecule has 0 aliphatic heterocycles. The predicted octanol–water partition coefficient (Wildman–Crippen LogP) is 5.27. The molecule has 3 aromatic rings. The van der Waals surface area contributed by atoms with Crippen molar-refractivity contribution in [2.75, 3.05) is 13.7 Å². The molecule has 4 heteroatoms. The smallest absolute Gasteiger partial charge is 0.338 e. The summed E-state index contributed by atoms with van der Waals surface area (Å²) in [6.07, 6.45) is 0. The zero-order valence-corrected chi connectivity index (χ0v) is 14.4. The molecule has 0 saturated carbocycles. The lowest BCUT2D eigenvalue weighted by molar-refractivity contribution is 0.0526. The Morgan fingerprint density at radius 2 is 1.42 bits per heavy atom. The number of thiophene rings is 1. The SMILES string of the molecule is CCOC(=O)c1ccc(-c2ccc(-c3ccc(OC)cc3)s2)cc1. The molecule has 0 N–H and O–H groups in total. The van der Waals surface area contributed by atoms with E-state index in [1.165, 1.54) is 4.88 Å². The zero-order chi connectivity index (χ0) is 16.9. The number of ether oxygens (including phenoxy) is 2. The molecule has 122 valence electrons. The average Bonchev–Trinajstić information content (AvgIpc) is 3.12. The van der Waals surface area contributed by atoms with E-state index in [4.69, 9.17) is 9.47 Å². The van der Waals surface area contributed by atoms with E-state index in [-0.39, 0.29) is 5.97 Å². The van der Waals surface area contributed by atoms with Gasteiger partial charge in [0, 0.05) is 9.75 Å². The number of methoxy groups -OCH3 is 1. The minimum absolute atomic E-state index is 0.283. The van der Waals surface area contributed by atoms with Gasteiger partial charge in [-0.2, -0.15) is 0 Å². The lowest BCUT2D eigenvalue weighted by Crippen LogP contribution is -2.03. The second-order valence-corrected chi connectivity index (χ2v) is 6.27. The number of benzene rings is 2. The van der Waals surface area contributed by atoms with Gasteiger partial charge < -0.3 is 9.47 Å². The van der Waals surface area contributed by atoms with Crippen molar-refractivity contribution in [3.8, 4) is 26.6 Å². The number of esters is 1. The molecule has 1 aromatic heterocycles. The predicted molar refractivity (Wildman–Crippen MR) is 97.7 cm³/mol. The summed E-state index contributed by atoms with van der Waals surface area (Å²) in [7, 11) is 1.66. The number of carbonyl (C=O) groups excluding carboxylic acids is 1. The van der Waals surface area contributed by atoms with E-state index in [0.717, 1.165) is 21.8 Å². The maximum absolute atomic E-state index is 11.7. The minimum atomic E-state index is -0.283. The Morgan fingerprint density at radius 1 is 0.875 bits per heavy atom. The van der Waals surface area contributed by atoms with Gasteiger partial charge in [0.25, 0.3) is 0 Å². The first-order valence-corrected chi connectivity index (χ1v) is 8.54. The Kier molecular flexibility index (Phi) is 4.96. The minimum Gasteiger partial charge on any atom is -0.497 e. The Morgan fingerprint density at radius 3 is 1.92 bits per heavy atom. The lowest BCUT2D eigenvalue weighted by atomic mass is 10.1. The van der Waals surface area contributed by atoms with E-state index < -0.39 is 0 Å². The van der Waals surface area contributed by atoms with Gasteiger partial charge in [-0.05, 0) is 66.6 Å². The van der Waals surface area contributed by atoms with Gasteiger partial charge in [-0.1, -0.05) is 12.1 Å². The molecule has 0 fully saturated rings. The van der Waals surface area contributed by atoms with Crippen molar-refractivity contribution < 1.29 is 14.3 Å². The van der Waals surface area contributed by atoms with Crippen LogP contribution >= 0.6 is 11.3 Å². The molecule has 0 amide bonds. The third kappa shape index (κ3) is 3.49. The van der Waals surface area contributed by atoms with Crippen LogP contribution in [0.1, 0.15) is 17.3 Å². The third-order valence-electron chi connectivity index (χ3n) is 3.66. The van der Waals surface area contributed by atoms with E-state index >= 15 is 0 Å². The van der Waals surface area contributed by atoms with Crippen molar-refractivity contribution in [1.29, 1.82) is 0 Å². The van der Waals surface area contributed by atoms with Crippen molar-refractivity contribution in [2.24, 2.45) is 0 Å². The standard InChI is InChI=1S/C20H18O3S/c1-3-23-20(21)16-6-4-14(5-7-16)18-12-13-19(24-18)15-8-10-17(22-2)11-9-15/h4-13H,3H2,1-2H3. The first kappa shape index (κ1) is 16.3. The second kappa shape index (κ2) is 7.32. The molecule has 0 aliphatic carbocycles. The molecule has 0 spiro atoms. The molecule has 0 radical (unpaired) electrons. The summed E-state index contributed by atoms with van der Waals surface area (Å²) in [4.78, 5) is 14.1. The second-order valence-electron chi connectivity index (χ2n) is 5.19. The Bertz CT molecular complexity index is 817. The van der Waals surface area contributed by atoms with Crippen molar-refractivity contribution >= 4 is 17.3 Å². The van der Waals surface area contributed by atoms with Crippen LogP contribution in [0.3, 0.4) is 0 Å². The fraction of sp³-hybridized carbons (Fsp3) is 0.150. The van der Waals surface area contributed by atoms with Gasteiger partial charge in [0.15, 0.2) is 0 Å². The van der Waals surface area contributed by atoms with Gasteiger partial charge in [-0.25, -0.2) is 4.79 Å². The van der Waals surface area contributed by atoms with Crippen LogP contribution in [0.15, 0.2) is 60.7 Å². The van der Waals surface area contributed by atoms with Gasteiger partial charge in [0.05, 0.1) is 19.3 Å². The largest absolute Gasteiger partial charge is 0.497 e. The van der Waals surface area contributed by atoms with E-state index in [1.807, 2.05) is 24.3 Å². The average molecular weight is 338 g/mol. The highest BCUT2D eigenvalue weighted by Gasteiger charge is 2.08. The monoisotopic (exact) mass is 338 g/mol. The summed E-state index contributed by atoms with van der Waals surface area (Å²) in [5.41, 5.74) is 2.83. The van der Waals surface area contributed by atoms with Crippen LogP contribution in [-0.4, -0.2) is 19.7 Å². The molecule has 1 heterocycles. The van der Waals surface area contributed by atoms with Gasteiger partial charge in [0.1, 0.15) is 5.75 Å². The molecular weight excluding hydrogens is 320 g/mol. The van der Waals surface area contributed by atoms with Crippen molar-refractivity contribution in [1.82, 2.24) is 0 Å². The molecule has 0 atom stereocenters. The van der Waals surface area contributed by atoms with E-state index in [9.17, 15) is 4.79 Å². The number of hydrogen-bond donors (Lipinski definition) is 0. The first-order chi connectivity index (χ1) is 11.7. The highest BCUT2D eigenvalue weighted by atomic mass is 32.1. The molecule has 0 aliphatic rings. The van der Waals surface area contributed by atoms with Crippen molar-refractivity contribution in [2.45, 2.75) is 6.92 Å². The summed E-state index contributed by atoms with van der Waals surface area (Å²) in [6.45, 7) is 2.19. The van der Waals surface area contributed by atoms with Gasteiger partial charge in [-0.15, -0.1) is 11.3 Å². The fourth-order valence-electron chi connectivity index (χ4n) is 2.39. The van der Waals surface area contributed by atoms with Crippen LogP contribution in [0.2, 0.25) is 0 Å². The van der Waals surface area contributed by atoms with E-state index in [0.29, 0.717) is 12.2 Å². The van der Waals surface area contributed by atoms with Crippen LogP contribution in [0.4, 0.5) is 0 Å². The Hall–Kier alpha value is -2.59. The quantitative estimate of drug-likeness (QED) is 0.595. The number of carbonyl (C=O) groups is 1. The highest BCUT2D eigenvalue weighted by molar-refractivity contribution is 7.18. The lowest BCUT2D eigenvalue weighted by Gasteiger charge is -2.03. The van der Waals surface area contributed by atoms with Crippen LogP contribution < -0.4 is 4.74 Å². The van der Waals surface area contributed by atoms with Crippen molar-refractivity contribution in [3.63, 3.8) is 0 Å². The van der Waals surface area contributed by atoms with Crippen molar-refractivity contribution in [3.05, 3.63) is 66.2 Å². The molecule has 3 rings (SSSR count). The summed E-state index contributed by atoms with van der Waals surface area (Å²) in [5, 5.41) is 0. The maximum atomic E-state index is 11.7. The van der Waals surface area contributed by atoms with Crippen LogP contribution in [0, 0.1) is 0 Å².